The third-order valence-corrected chi connectivity index (χ3v) is 4.01. The summed E-state index contributed by atoms with van der Waals surface area (Å²) in [6.07, 6.45) is -4.45. The number of rotatable bonds is 3. The summed E-state index contributed by atoms with van der Waals surface area (Å²) in [6.45, 7) is 1.27. The molecule has 1 aliphatic rings. The minimum absolute atomic E-state index is 0.111. The monoisotopic (exact) mass is 363 g/mol. The first-order valence-electron chi connectivity index (χ1n) is 7.94. The average Bonchev–Trinajstić information content (AvgIpc) is 2.61. The third kappa shape index (κ3) is 3.96. The van der Waals surface area contributed by atoms with Crippen LogP contribution in [0.2, 0.25) is 0 Å². The summed E-state index contributed by atoms with van der Waals surface area (Å²) in [4.78, 5) is 25.8. The van der Waals surface area contributed by atoms with Gasteiger partial charge in [-0.1, -0.05) is 12.1 Å². The molecule has 2 aromatic carbocycles. The van der Waals surface area contributed by atoms with E-state index in [-0.39, 0.29) is 18.0 Å². The predicted molar refractivity (Wildman–Crippen MR) is 91.1 cm³/mol. The Bertz CT molecular complexity index is 819. The van der Waals surface area contributed by atoms with Crippen molar-refractivity contribution in [3.05, 3.63) is 59.7 Å². The number of hydrogen-bond donors (Lipinski definition) is 2. The molecule has 1 heterocycles. The number of nitrogens with zero attached hydrogens (tertiary/aromatic N) is 1. The normalized spacial score (nSPS) is 14.7. The van der Waals surface area contributed by atoms with Gasteiger partial charge in [-0.15, -0.1) is 0 Å². The van der Waals surface area contributed by atoms with Crippen LogP contribution in [0.4, 0.5) is 24.5 Å². The van der Waals surface area contributed by atoms with Gasteiger partial charge in [-0.25, -0.2) is 0 Å². The molecule has 0 aliphatic carbocycles. The van der Waals surface area contributed by atoms with E-state index in [4.69, 9.17) is 0 Å². The highest BCUT2D eigenvalue weighted by Gasteiger charge is 2.30. The fourth-order valence-corrected chi connectivity index (χ4v) is 2.70. The largest absolute Gasteiger partial charge is 0.416 e. The lowest BCUT2D eigenvalue weighted by atomic mass is 10.1. The zero-order chi connectivity index (χ0) is 18.7. The van der Waals surface area contributed by atoms with Gasteiger partial charge in [0.15, 0.2) is 0 Å². The molecule has 2 N–H and O–H groups in total. The highest BCUT2D eigenvalue weighted by atomic mass is 19.4. The van der Waals surface area contributed by atoms with Crippen LogP contribution in [0.25, 0.3) is 0 Å². The standard InChI is InChI=1S/C18H16F3N3O2/c19-18(20,21)13-7-5-12(6-8-13)17(26)23-14-3-1-2-4-15(14)24-10-9-22-16(25)11-24/h1-8H,9-11H2,(H,22,25)(H,23,26). The minimum Gasteiger partial charge on any atom is -0.359 e. The Labute approximate surface area is 147 Å². The van der Waals surface area contributed by atoms with E-state index >= 15 is 0 Å². The summed E-state index contributed by atoms with van der Waals surface area (Å²) in [7, 11) is 0. The number of hydrogen-bond acceptors (Lipinski definition) is 3. The van der Waals surface area contributed by atoms with Gasteiger partial charge in [-0.3, -0.25) is 9.59 Å². The van der Waals surface area contributed by atoms with Crippen molar-refractivity contribution in [3.8, 4) is 0 Å². The second-order valence-electron chi connectivity index (χ2n) is 5.82. The molecule has 0 atom stereocenters. The van der Waals surface area contributed by atoms with Gasteiger partial charge < -0.3 is 15.5 Å². The first kappa shape index (κ1) is 17.8. The number of alkyl halides is 3. The van der Waals surface area contributed by atoms with E-state index in [9.17, 15) is 22.8 Å². The molecule has 0 bridgehead atoms. The SMILES string of the molecule is O=C1CN(c2ccccc2NC(=O)c2ccc(C(F)(F)F)cc2)CCN1. The first-order valence-corrected chi connectivity index (χ1v) is 7.94. The predicted octanol–water partition coefficient (Wildman–Crippen LogP) is 2.89. The van der Waals surface area contributed by atoms with Crippen LogP contribution in [-0.4, -0.2) is 31.4 Å². The van der Waals surface area contributed by atoms with Gasteiger partial charge in [0.2, 0.25) is 5.91 Å². The Morgan fingerprint density at radius 2 is 1.77 bits per heavy atom. The van der Waals surface area contributed by atoms with Gasteiger partial charge in [0, 0.05) is 18.7 Å². The van der Waals surface area contributed by atoms with Gasteiger partial charge in [0.25, 0.3) is 5.91 Å². The van der Waals surface area contributed by atoms with Gasteiger partial charge >= 0.3 is 6.18 Å². The topological polar surface area (TPSA) is 61.4 Å². The maximum absolute atomic E-state index is 12.6. The van der Waals surface area contributed by atoms with Crippen LogP contribution in [0.5, 0.6) is 0 Å². The maximum atomic E-state index is 12.6. The van der Waals surface area contributed by atoms with E-state index < -0.39 is 17.6 Å². The number of piperazine rings is 1. The number of anilines is 2. The summed E-state index contributed by atoms with van der Waals surface area (Å²) >= 11 is 0. The molecule has 0 aromatic heterocycles. The van der Waals surface area contributed by atoms with Gasteiger partial charge in [-0.2, -0.15) is 13.2 Å². The molecule has 0 unspecified atom stereocenters. The number of carbonyl (C=O) groups is 2. The van der Waals surface area contributed by atoms with Crippen molar-refractivity contribution < 1.29 is 22.8 Å². The second-order valence-corrected chi connectivity index (χ2v) is 5.82. The number of carbonyl (C=O) groups excluding carboxylic acids is 2. The summed E-state index contributed by atoms with van der Waals surface area (Å²) in [5.41, 5.74) is 0.479. The molecule has 0 saturated carbocycles. The molecule has 8 heteroatoms. The van der Waals surface area contributed by atoms with E-state index in [0.29, 0.717) is 24.5 Å². The van der Waals surface area contributed by atoms with Crippen molar-refractivity contribution in [3.63, 3.8) is 0 Å². The van der Waals surface area contributed by atoms with Crippen LogP contribution in [-0.2, 0) is 11.0 Å². The average molecular weight is 363 g/mol. The minimum atomic E-state index is -4.45. The van der Waals surface area contributed by atoms with Crippen molar-refractivity contribution in [2.24, 2.45) is 0 Å². The number of benzene rings is 2. The van der Waals surface area contributed by atoms with Crippen LogP contribution >= 0.6 is 0 Å². The molecule has 1 fully saturated rings. The van der Waals surface area contributed by atoms with E-state index in [1.165, 1.54) is 0 Å². The summed E-state index contributed by atoms with van der Waals surface area (Å²) in [5.74, 6) is -0.632. The molecule has 0 radical (unpaired) electrons. The fraction of sp³-hybridized carbons (Fsp3) is 0.222. The zero-order valence-corrected chi connectivity index (χ0v) is 13.6. The molecule has 1 saturated heterocycles. The third-order valence-electron chi connectivity index (χ3n) is 4.01. The van der Waals surface area contributed by atoms with Crippen molar-refractivity contribution in [1.82, 2.24) is 5.32 Å². The molecular weight excluding hydrogens is 347 g/mol. The highest BCUT2D eigenvalue weighted by molar-refractivity contribution is 6.06. The lowest BCUT2D eigenvalue weighted by Crippen LogP contribution is -2.47. The number of amides is 2. The summed E-state index contributed by atoms with van der Waals surface area (Å²) < 4.78 is 37.9. The first-order chi connectivity index (χ1) is 12.3. The Hall–Kier alpha value is -3.03. The molecule has 2 amide bonds. The maximum Gasteiger partial charge on any atom is 0.416 e. The van der Waals surface area contributed by atoms with E-state index in [1.54, 1.807) is 24.3 Å². The number of halogens is 3. The van der Waals surface area contributed by atoms with Crippen LogP contribution in [0.1, 0.15) is 15.9 Å². The van der Waals surface area contributed by atoms with E-state index in [1.807, 2.05) is 4.90 Å². The van der Waals surface area contributed by atoms with Crippen molar-refractivity contribution >= 4 is 23.2 Å². The zero-order valence-electron chi connectivity index (χ0n) is 13.6. The molecule has 1 aliphatic heterocycles. The van der Waals surface area contributed by atoms with Crippen molar-refractivity contribution in [1.29, 1.82) is 0 Å². The Morgan fingerprint density at radius 3 is 2.42 bits per heavy atom. The molecule has 26 heavy (non-hydrogen) atoms. The molecule has 5 nitrogen and oxygen atoms in total. The summed E-state index contributed by atoms with van der Waals surface area (Å²) in [5, 5.41) is 5.43. The highest BCUT2D eigenvalue weighted by Crippen LogP contribution is 2.30. The van der Waals surface area contributed by atoms with Crippen LogP contribution < -0.4 is 15.5 Å². The molecule has 3 rings (SSSR count). The molecule has 136 valence electrons. The van der Waals surface area contributed by atoms with Gasteiger partial charge in [0.1, 0.15) is 0 Å². The molecular formula is C18H16F3N3O2. The van der Waals surface area contributed by atoms with Crippen molar-refractivity contribution in [2.45, 2.75) is 6.18 Å². The second kappa shape index (κ2) is 7.07. The van der Waals surface area contributed by atoms with Crippen molar-refractivity contribution in [2.75, 3.05) is 29.9 Å². The molecule has 2 aromatic rings. The van der Waals surface area contributed by atoms with Crippen LogP contribution in [0, 0.1) is 0 Å². The van der Waals surface area contributed by atoms with E-state index in [0.717, 1.165) is 24.3 Å². The van der Waals surface area contributed by atoms with Gasteiger partial charge in [0.05, 0.1) is 23.5 Å². The van der Waals surface area contributed by atoms with Gasteiger partial charge in [-0.05, 0) is 36.4 Å². The Kier molecular flexibility index (Phi) is 4.83. The smallest absolute Gasteiger partial charge is 0.359 e. The van der Waals surface area contributed by atoms with Crippen LogP contribution in [0.15, 0.2) is 48.5 Å². The lowest BCUT2D eigenvalue weighted by Gasteiger charge is -2.30. The molecule has 0 spiro atoms. The summed E-state index contributed by atoms with van der Waals surface area (Å²) in [6, 6.07) is 11.0. The number of para-hydroxylation sites is 2. The van der Waals surface area contributed by atoms with E-state index in [2.05, 4.69) is 10.6 Å². The van der Waals surface area contributed by atoms with Crippen LogP contribution in [0.3, 0.4) is 0 Å². The Balaban J connectivity index is 1.78. The fourth-order valence-electron chi connectivity index (χ4n) is 2.70. The lowest BCUT2D eigenvalue weighted by molar-refractivity contribution is -0.137. The number of nitrogens with one attached hydrogen (secondary N) is 2. The quantitative estimate of drug-likeness (QED) is 0.882. The Morgan fingerprint density at radius 1 is 1.08 bits per heavy atom.